The van der Waals surface area contributed by atoms with E-state index in [0.717, 1.165) is 54.9 Å². The second-order valence-corrected chi connectivity index (χ2v) is 12.1. The first-order chi connectivity index (χ1) is 20.2. The summed E-state index contributed by atoms with van der Waals surface area (Å²) in [7, 11) is 0. The highest BCUT2D eigenvalue weighted by Gasteiger charge is 2.30. The second-order valence-electron chi connectivity index (χ2n) is 12.1. The van der Waals surface area contributed by atoms with Crippen molar-refractivity contribution in [2.45, 2.75) is 66.0 Å². The van der Waals surface area contributed by atoms with Crippen molar-refractivity contribution in [2.75, 3.05) is 48.0 Å². The molecule has 1 unspecified atom stereocenters. The van der Waals surface area contributed by atoms with Gasteiger partial charge in [0.05, 0.1) is 43.9 Å². The predicted octanol–water partition coefficient (Wildman–Crippen LogP) is 5.20. The minimum Gasteiger partial charge on any atom is -0.377 e. The Morgan fingerprint density at radius 3 is 2.60 bits per heavy atom. The fraction of sp³-hybridized carbons (Fsp3) is 0.516. The number of hydrogen-bond acceptors (Lipinski definition) is 8. The zero-order valence-electron chi connectivity index (χ0n) is 25.0. The van der Waals surface area contributed by atoms with E-state index < -0.39 is 5.82 Å². The lowest BCUT2D eigenvalue weighted by Gasteiger charge is -2.39. The van der Waals surface area contributed by atoms with E-state index in [4.69, 9.17) is 14.7 Å². The fourth-order valence-electron chi connectivity index (χ4n) is 5.39. The van der Waals surface area contributed by atoms with Gasteiger partial charge in [-0.15, -0.1) is 0 Å². The van der Waals surface area contributed by atoms with Gasteiger partial charge in [0, 0.05) is 36.4 Å². The number of halogens is 1. The minimum absolute atomic E-state index is 0.218. The van der Waals surface area contributed by atoms with Gasteiger partial charge in [0.2, 0.25) is 5.95 Å². The number of morpholine rings is 1. The number of hydrogen-bond donors (Lipinski definition) is 2. The van der Waals surface area contributed by atoms with Gasteiger partial charge >= 0.3 is 6.03 Å². The highest BCUT2D eigenvalue weighted by Crippen LogP contribution is 2.33. The van der Waals surface area contributed by atoms with E-state index >= 15 is 0 Å². The molecule has 2 aliphatic rings. The van der Waals surface area contributed by atoms with Gasteiger partial charge in [0.25, 0.3) is 0 Å². The van der Waals surface area contributed by atoms with Gasteiger partial charge in [-0.25, -0.2) is 29.1 Å². The average molecular weight is 577 g/mol. The standard InChI is InChI=1S/C31H41FN8O2/c1-5-24-20-42-16-15-40(24)28-25-11-14-39(29-34-17-22(32)18-35-29)19-26(25)37-27(38-28)21-7-9-23(10-8-21)36-30(41)33-13-6-12-31(2,3)4/h7-10,17-18,24H,5-6,11-16,19-20H2,1-4H3,(H2,33,36,41). The van der Waals surface area contributed by atoms with Crippen LogP contribution in [0.25, 0.3) is 11.4 Å². The molecule has 2 amide bonds. The highest BCUT2D eigenvalue weighted by atomic mass is 19.1. The first kappa shape index (κ1) is 29.6. The molecule has 10 nitrogen and oxygen atoms in total. The normalized spacial score (nSPS) is 17.1. The lowest BCUT2D eigenvalue weighted by atomic mass is 9.91. The van der Waals surface area contributed by atoms with Crippen LogP contribution in [0.3, 0.4) is 0 Å². The van der Waals surface area contributed by atoms with Crippen molar-refractivity contribution >= 4 is 23.5 Å². The number of nitrogens with one attached hydrogen (secondary N) is 2. The van der Waals surface area contributed by atoms with Crippen LogP contribution >= 0.6 is 0 Å². The number of ether oxygens (including phenoxy) is 1. The number of benzene rings is 1. The van der Waals surface area contributed by atoms with Crippen LogP contribution < -0.4 is 20.4 Å². The summed E-state index contributed by atoms with van der Waals surface area (Å²) in [5.74, 6) is 1.58. The molecule has 4 heterocycles. The maximum atomic E-state index is 13.5. The number of rotatable bonds is 8. The Morgan fingerprint density at radius 2 is 1.88 bits per heavy atom. The predicted molar refractivity (Wildman–Crippen MR) is 162 cm³/mol. The van der Waals surface area contributed by atoms with Gasteiger partial charge < -0.3 is 25.2 Å². The summed E-state index contributed by atoms with van der Waals surface area (Å²) in [6.45, 7) is 12.7. The molecular weight excluding hydrogens is 535 g/mol. The van der Waals surface area contributed by atoms with E-state index in [1.165, 1.54) is 12.4 Å². The number of amides is 2. The molecule has 1 aromatic carbocycles. The second kappa shape index (κ2) is 13.0. The van der Waals surface area contributed by atoms with E-state index in [-0.39, 0.29) is 17.5 Å². The Bertz CT molecular complexity index is 1360. The molecule has 3 aromatic rings. The van der Waals surface area contributed by atoms with Crippen LogP contribution in [0.5, 0.6) is 0 Å². The summed E-state index contributed by atoms with van der Waals surface area (Å²) >= 11 is 0. The maximum absolute atomic E-state index is 13.5. The molecule has 0 radical (unpaired) electrons. The van der Waals surface area contributed by atoms with Crippen molar-refractivity contribution in [1.29, 1.82) is 0 Å². The number of fused-ring (bicyclic) bond motifs is 1. The molecule has 224 valence electrons. The smallest absolute Gasteiger partial charge is 0.319 e. The lowest BCUT2D eigenvalue weighted by molar-refractivity contribution is 0.0924. The van der Waals surface area contributed by atoms with Crippen LogP contribution in [0.1, 0.15) is 58.2 Å². The molecule has 1 fully saturated rings. The molecule has 1 saturated heterocycles. The van der Waals surface area contributed by atoms with Crippen LogP contribution in [-0.2, 0) is 17.7 Å². The largest absolute Gasteiger partial charge is 0.377 e. The molecule has 2 aromatic heterocycles. The van der Waals surface area contributed by atoms with E-state index in [9.17, 15) is 9.18 Å². The topological polar surface area (TPSA) is 108 Å². The molecule has 0 spiro atoms. The molecule has 0 bridgehead atoms. The Hall–Kier alpha value is -3.86. The third-order valence-corrected chi connectivity index (χ3v) is 7.69. The van der Waals surface area contributed by atoms with Gasteiger partial charge in [0.15, 0.2) is 11.6 Å². The van der Waals surface area contributed by atoms with E-state index in [1.807, 2.05) is 29.2 Å². The fourth-order valence-corrected chi connectivity index (χ4v) is 5.39. The third kappa shape index (κ3) is 7.31. The molecule has 0 aliphatic carbocycles. The Morgan fingerprint density at radius 1 is 1.12 bits per heavy atom. The summed E-state index contributed by atoms with van der Waals surface area (Å²) in [5, 5.41) is 5.84. The van der Waals surface area contributed by atoms with Gasteiger partial charge in [-0.3, -0.25) is 0 Å². The van der Waals surface area contributed by atoms with Gasteiger partial charge in [0.1, 0.15) is 5.82 Å². The summed E-state index contributed by atoms with van der Waals surface area (Å²) in [5.41, 5.74) is 3.83. The van der Waals surface area contributed by atoms with Crippen molar-refractivity contribution in [3.05, 3.63) is 53.7 Å². The number of nitrogens with zero attached hydrogens (tertiary/aromatic N) is 6. The number of urea groups is 1. The summed E-state index contributed by atoms with van der Waals surface area (Å²) in [6.07, 6.45) is 6.03. The molecule has 42 heavy (non-hydrogen) atoms. The third-order valence-electron chi connectivity index (χ3n) is 7.69. The van der Waals surface area contributed by atoms with Crippen molar-refractivity contribution in [3.8, 4) is 11.4 Å². The molecule has 5 rings (SSSR count). The lowest BCUT2D eigenvalue weighted by Crippen LogP contribution is -2.47. The maximum Gasteiger partial charge on any atom is 0.319 e. The van der Waals surface area contributed by atoms with Crippen LogP contribution in [0.15, 0.2) is 36.7 Å². The van der Waals surface area contributed by atoms with Crippen molar-refractivity contribution in [2.24, 2.45) is 5.41 Å². The molecule has 2 N–H and O–H groups in total. The van der Waals surface area contributed by atoms with Crippen LogP contribution in [0.2, 0.25) is 0 Å². The van der Waals surface area contributed by atoms with Gasteiger partial charge in [-0.1, -0.05) is 27.7 Å². The Balaban J connectivity index is 1.37. The highest BCUT2D eigenvalue weighted by molar-refractivity contribution is 5.89. The van der Waals surface area contributed by atoms with E-state index in [2.05, 4.69) is 53.2 Å². The van der Waals surface area contributed by atoms with Gasteiger partial charge in [-0.05, 0) is 55.4 Å². The van der Waals surface area contributed by atoms with Crippen molar-refractivity contribution in [1.82, 2.24) is 25.3 Å². The van der Waals surface area contributed by atoms with E-state index in [0.29, 0.717) is 50.3 Å². The monoisotopic (exact) mass is 576 g/mol. The number of carbonyl (C=O) groups is 1. The van der Waals surface area contributed by atoms with Crippen molar-refractivity contribution < 1.29 is 13.9 Å². The molecule has 1 atom stereocenters. The number of aromatic nitrogens is 4. The summed E-state index contributed by atoms with van der Waals surface area (Å²) in [6, 6.07) is 7.62. The molecule has 11 heteroatoms. The molecular formula is C31H41FN8O2. The first-order valence-electron chi connectivity index (χ1n) is 14.8. The quantitative estimate of drug-likeness (QED) is 0.353. The first-order valence-corrected chi connectivity index (χ1v) is 14.8. The Kier molecular flexibility index (Phi) is 9.15. The Labute approximate surface area is 247 Å². The molecule has 2 aliphatic heterocycles. The van der Waals surface area contributed by atoms with Crippen LogP contribution in [-0.4, -0.2) is 64.9 Å². The van der Waals surface area contributed by atoms with Gasteiger partial charge in [-0.2, -0.15) is 0 Å². The zero-order valence-corrected chi connectivity index (χ0v) is 25.0. The summed E-state index contributed by atoms with van der Waals surface area (Å²) in [4.78, 5) is 35.3. The minimum atomic E-state index is -0.461. The number of anilines is 3. The summed E-state index contributed by atoms with van der Waals surface area (Å²) < 4.78 is 19.2. The van der Waals surface area contributed by atoms with Crippen molar-refractivity contribution in [3.63, 3.8) is 0 Å². The van der Waals surface area contributed by atoms with Crippen LogP contribution in [0.4, 0.5) is 26.6 Å². The SMILES string of the molecule is CCC1COCCN1c1nc(-c2ccc(NC(=O)NCCCC(C)(C)C)cc2)nc2c1CCN(c1ncc(F)cn1)C2. The van der Waals surface area contributed by atoms with Crippen LogP contribution in [0, 0.1) is 11.2 Å². The number of carbonyl (C=O) groups excluding carboxylic acids is 1. The molecule has 0 saturated carbocycles. The zero-order chi connectivity index (χ0) is 29.7. The average Bonchev–Trinajstić information content (AvgIpc) is 2.99. The van der Waals surface area contributed by atoms with E-state index in [1.54, 1.807) is 0 Å².